The first-order chi connectivity index (χ1) is 10.1. The van der Waals surface area contributed by atoms with Crippen LogP contribution in [0.2, 0.25) is 0 Å². The number of aromatic nitrogens is 5. The molecule has 108 valence electrons. The maximum atomic E-state index is 13.0. The minimum absolute atomic E-state index is 0.261. The van der Waals surface area contributed by atoms with Crippen LogP contribution < -0.4 is 0 Å². The maximum Gasteiger partial charge on any atom is 0.178 e. The van der Waals surface area contributed by atoms with Gasteiger partial charge in [0.25, 0.3) is 0 Å². The van der Waals surface area contributed by atoms with E-state index in [0.717, 1.165) is 35.1 Å². The van der Waals surface area contributed by atoms with Crippen LogP contribution in [0.3, 0.4) is 0 Å². The zero-order valence-corrected chi connectivity index (χ0v) is 12.2. The molecule has 0 atom stereocenters. The Labute approximate surface area is 121 Å². The van der Waals surface area contributed by atoms with Crippen LogP contribution in [0, 0.1) is 19.7 Å². The number of aromatic amines is 1. The SMILES string of the molecule is CCn1nc(C)nc1-c1nc(-c2ccc(F)cc2)[nH]c1C. The van der Waals surface area contributed by atoms with Crippen molar-refractivity contribution in [2.75, 3.05) is 0 Å². The molecule has 1 aromatic carbocycles. The molecule has 0 unspecified atom stereocenters. The molecular formula is C15H16FN5. The Kier molecular flexibility index (Phi) is 3.29. The summed E-state index contributed by atoms with van der Waals surface area (Å²) in [6, 6.07) is 6.25. The first-order valence-corrected chi connectivity index (χ1v) is 6.83. The van der Waals surface area contributed by atoms with E-state index in [4.69, 9.17) is 0 Å². The van der Waals surface area contributed by atoms with E-state index in [1.807, 2.05) is 25.5 Å². The Bertz CT molecular complexity index is 770. The minimum atomic E-state index is -0.261. The van der Waals surface area contributed by atoms with Crippen molar-refractivity contribution in [2.45, 2.75) is 27.3 Å². The van der Waals surface area contributed by atoms with Crippen molar-refractivity contribution in [3.8, 4) is 22.9 Å². The molecule has 0 bridgehead atoms. The molecule has 6 heteroatoms. The first kappa shape index (κ1) is 13.5. The fourth-order valence-corrected chi connectivity index (χ4v) is 2.27. The second kappa shape index (κ2) is 5.12. The topological polar surface area (TPSA) is 59.4 Å². The summed E-state index contributed by atoms with van der Waals surface area (Å²) in [5, 5.41) is 4.34. The Morgan fingerprint density at radius 1 is 1.14 bits per heavy atom. The Balaban J connectivity index is 2.07. The summed E-state index contributed by atoms with van der Waals surface area (Å²) in [6.45, 7) is 6.55. The van der Waals surface area contributed by atoms with Gasteiger partial charge in [-0.05, 0) is 45.0 Å². The number of nitrogens with zero attached hydrogens (tertiary/aromatic N) is 4. The molecular weight excluding hydrogens is 269 g/mol. The molecule has 0 amide bonds. The molecule has 0 spiro atoms. The number of hydrogen-bond acceptors (Lipinski definition) is 3. The van der Waals surface area contributed by atoms with Crippen LogP contribution >= 0.6 is 0 Å². The minimum Gasteiger partial charge on any atom is -0.341 e. The third-order valence-corrected chi connectivity index (χ3v) is 3.29. The van der Waals surface area contributed by atoms with Crippen molar-refractivity contribution in [3.05, 3.63) is 41.6 Å². The van der Waals surface area contributed by atoms with E-state index in [-0.39, 0.29) is 5.82 Å². The van der Waals surface area contributed by atoms with Crippen LogP contribution in [0.5, 0.6) is 0 Å². The highest BCUT2D eigenvalue weighted by Crippen LogP contribution is 2.24. The van der Waals surface area contributed by atoms with Gasteiger partial charge in [-0.2, -0.15) is 5.10 Å². The van der Waals surface area contributed by atoms with Crippen molar-refractivity contribution >= 4 is 0 Å². The summed E-state index contributed by atoms with van der Waals surface area (Å²) in [6.07, 6.45) is 0. The predicted molar refractivity (Wildman–Crippen MR) is 78.1 cm³/mol. The van der Waals surface area contributed by atoms with E-state index in [1.165, 1.54) is 12.1 Å². The zero-order chi connectivity index (χ0) is 15.0. The van der Waals surface area contributed by atoms with Crippen LogP contribution in [0.25, 0.3) is 22.9 Å². The van der Waals surface area contributed by atoms with Gasteiger partial charge in [-0.1, -0.05) is 0 Å². The number of H-pyrrole nitrogens is 1. The molecule has 0 aliphatic heterocycles. The number of aryl methyl sites for hydroxylation is 3. The third-order valence-electron chi connectivity index (χ3n) is 3.29. The van der Waals surface area contributed by atoms with E-state index in [1.54, 1.807) is 12.1 Å². The Morgan fingerprint density at radius 2 is 1.86 bits per heavy atom. The van der Waals surface area contributed by atoms with Gasteiger partial charge in [-0.3, -0.25) is 0 Å². The monoisotopic (exact) mass is 285 g/mol. The van der Waals surface area contributed by atoms with Crippen LogP contribution in [0.4, 0.5) is 4.39 Å². The second-order valence-corrected chi connectivity index (χ2v) is 4.86. The van der Waals surface area contributed by atoms with E-state index in [9.17, 15) is 4.39 Å². The smallest absolute Gasteiger partial charge is 0.178 e. The van der Waals surface area contributed by atoms with Gasteiger partial charge in [0.05, 0.1) is 0 Å². The molecule has 0 saturated heterocycles. The maximum absolute atomic E-state index is 13.0. The van der Waals surface area contributed by atoms with E-state index in [2.05, 4.69) is 20.1 Å². The molecule has 2 heterocycles. The molecule has 0 aliphatic rings. The van der Waals surface area contributed by atoms with Crippen LogP contribution in [-0.2, 0) is 6.54 Å². The summed E-state index contributed by atoms with van der Waals surface area (Å²) in [7, 11) is 0. The van der Waals surface area contributed by atoms with Gasteiger partial charge in [0.1, 0.15) is 23.2 Å². The molecule has 0 aliphatic carbocycles. The Morgan fingerprint density at radius 3 is 2.52 bits per heavy atom. The number of halogens is 1. The van der Waals surface area contributed by atoms with Crippen molar-refractivity contribution in [1.82, 2.24) is 24.7 Å². The molecule has 0 saturated carbocycles. The van der Waals surface area contributed by atoms with Crippen molar-refractivity contribution < 1.29 is 4.39 Å². The summed E-state index contributed by atoms with van der Waals surface area (Å²) >= 11 is 0. The van der Waals surface area contributed by atoms with Gasteiger partial charge < -0.3 is 4.98 Å². The van der Waals surface area contributed by atoms with Gasteiger partial charge in [0, 0.05) is 17.8 Å². The van der Waals surface area contributed by atoms with E-state index >= 15 is 0 Å². The summed E-state index contributed by atoms with van der Waals surface area (Å²) in [4.78, 5) is 12.3. The normalized spacial score (nSPS) is 11.0. The highest BCUT2D eigenvalue weighted by Gasteiger charge is 2.16. The molecule has 3 aromatic rings. The van der Waals surface area contributed by atoms with Gasteiger partial charge in [0.15, 0.2) is 5.82 Å². The lowest BCUT2D eigenvalue weighted by Crippen LogP contribution is -2.00. The molecule has 21 heavy (non-hydrogen) atoms. The van der Waals surface area contributed by atoms with Crippen LogP contribution in [0.15, 0.2) is 24.3 Å². The highest BCUT2D eigenvalue weighted by atomic mass is 19.1. The van der Waals surface area contributed by atoms with Crippen molar-refractivity contribution in [2.24, 2.45) is 0 Å². The van der Waals surface area contributed by atoms with Crippen LogP contribution in [0.1, 0.15) is 18.4 Å². The molecule has 0 fully saturated rings. The lowest BCUT2D eigenvalue weighted by Gasteiger charge is -1.99. The zero-order valence-electron chi connectivity index (χ0n) is 12.2. The summed E-state index contributed by atoms with van der Waals surface area (Å²) < 4.78 is 14.8. The van der Waals surface area contributed by atoms with E-state index < -0.39 is 0 Å². The third kappa shape index (κ3) is 2.44. The predicted octanol–water partition coefficient (Wildman–Crippen LogP) is 3.11. The largest absolute Gasteiger partial charge is 0.341 e. The van der Waals surface area contributed by atoms with Gasteiger partial charge in [-0.15, -0.1) is 0 Å². The standard InChI is InChI=1S/C15H16FN5/c1-4-21-15(18-10(3)20-21)13-9(2)17-14(19-13)11-5-7-12(16)8-6-11/h5-8H,4H2,1-3H3,(H,17,19). The lowest BCUT2D eigenvalue weighted by atomic mass is 10.2. The van der Waals surface area contributed by atoms with Gasteiger partial charge in [0.2, 0.25) is 0 Å². The van der Waals surface area contributed by atoms with Crippen molar-refractivity contribution in [3.63, 3.8) is 0 Å². The molecule has 2 aromatic heterocycles. The molecule has 1 N–H and O–H groups in total. The number of rotatable bonds is 3. The van der Waals surface area contributed by atoms with Gasteiger partial charge >= 0.3 is 0 Å². The summed E-state index contributed by atoms with van der Waals surface area (Å²) in [5.41, 5.74) is 2.53. The average Bonchev–Trinajstić information content (AvgIpc) is 3.02. The first-order valence-electron chi connectivity index (χ1n) is 6.83. The average molecular weight is 285 g/mol. The number of hydrogen-bond donors (Lipinski definition) is 1. The quantitative estimate of drug-likeness (QED) is 0.804. The molecule has 3 rings (SSSR count). The second-order valence-electron chi connectivity index (χ2n) is 4.86. The Hall–Kier alpha value is -2.50. The van der Waals surface area contributed by atoms with Crippen molar-refractivity contribution in [1.29, 1.82) is 0 Å². The number of imidazole rings is 1. The molecule has 0 radical (unpaired) electrons. The van der Waals surface area contributed by atoms with Gasteiger partial charge in [-0.25, -0.2) is 19.0 Å². The lowest BCUT2D eigenvalue weighted by molar-refractivity contribution is 0.628. The number of nitrogens with one attached hydrogen (secondary N) is 1. The fourth-order valence-electron chi connectivity index (χ4n) is 2.27. The highest BCUT2D eigenvalue weighted by molar-refractivity contribution is 5.63. The van der Waals surface area contributed by atoms with E-state index in [0.29, 0.717) is 5.82 Å². The summed E-state index contributed by atoms with van der Waals surface area (Å²) in [5.74, 6) is 1.91. The number of benzene rings is 1. The molecule has 5 nitrogen and oxygen atoms in total. The van der Waals surface area contributed by atoms with Crippen LogP contribution in [-0.4, -0.2) is 24.7 Å². The fraction of sp³-hybridized carbons (Fsp3) is 0.267.